The molecule has 3 rings (SSSR count). The number of rotatable bonds is 3. The van der Waals surface area contributed by atoms with E-state index in [1.807, 2.05) is 24.3 Å². The van der Waals surface area contributed by atoms with Gasteiger partial charge in [0.05, 0.1) is 11.4 Å². The van der Waals surface area contributed by atoms with Gasteiger partial charge in [0.25, 0.3) is 0 Å². The monoisotopic (exact) mass is 316 g/mol. The van der Waals surface area contributed by atoms with E-state index in [0.717, 1.165) is 45.2 Å². The lowest BCUT2D eigenvalue weighted by Crippen LogP contribution is -2.32. The fourth-order valence-electron chi connectivity index (χ4n) is 3.30. The number of hydrogen-bond acceptors (Lipinski definition) is 3. The highest BCUT2D eigenvalue weighted by molar-refractivity contribution is 5.99. The summed E-state index contributed by atoms with van der Waals surface area (Å²) in [5.41, 5.74) is 7.16. The predicted molar refractivity (Wildman–Crippen MR) is 90.2 cm³/mol. The normalized spacial score (nSPS) is 23.8. The molecule has 2 fully saturated rings. The maximum absolute atomic E-state index is 12.4. The van der Waals surface area contributed by atoms with Crippen molar-refractivity contribution in [2.24, 2.45) is 11.7 Å². The standard InChI is InChI=1S/C17H24N4O2/c18-13-8-7-12(11-13)16(22)19-14-5-1-2-6-15(14)20-17(23)21-9-3-4-10-21/h1-2,5-6,12-13H,3-4,7-11,18H2,(H,19,22)(H,20,23). The van der Waals surface area contributed by atoms with Gasteiger partial charge in [-0.05, 0) is 44.2 Å². The Morgan fingerprint density at radius 1 is 1.04 bits per heavy atom. The molecule has 1 heterocycles. The number of benzene rings is 1. The van der Waals surface area contributed by atoms with Gasteiger partial charge in [0.15, 0.2) is 0 Å². The van der Waals surface area contributed by atoms with E-state index < -0.39 is 0 Å². The number of hydrogen-bond donors (Lipinski definition) is 3. The number of nitrogens with two attached hydrogens (primary N) is 1. The minimum absolute atomic E-state index is 0.0131. The van der Waals surface area contributed by atoms with Gasteiger partial charge in [-0.2, -0.15) is 0 Å². The summed E-state index contributed by atoms with van der Waals surface area (Å²) in [6.07, 6.45) is 4.55. The number of amides is 3. The summed E-state index contributed by atoms with van der Waals surface area (Å²) in [7, 11) is 0. The van der Waals surface area contributed by atoms with Crippen LogP contribution in [0.4, 0.5) is 16.2 Å². The molecule has 1 aliphatic carbocycles. The van der Waals surface area contributed by atoms with Crippen LogP contribution in [-0.4, -0.2) is 36.0 Å². The van der Waals surface area contributed by atoms with Crippen LogP contribution in [0.5, 0.6) is 0 Å². The lowest BCUT2D eigenvalue weighted by atomic mass is 10.1. The molecule has 1 aromatic rings. The number of carbonyl (C=O) groups is 2. The van der Waals surface area contributed by atoms with E-state index in [4.69, 9.17) is 5.73 Å². The van der Waals surface area contributed by atoms with E-state index >= 15 is 0 Å². The topological polar surface area (TPSA) is 87.5 Å². The number of carbonyl (C=O) groups excluding carboxylic acids is 2. The van der Waals surface area contributed by atoms with Gasteiger partial charge in [0, 0.05) is 25.0 Å². The summed E-state index contributed by atoms with van der Waals surface area (Å²) in [6.45, 7) is 1.58. The van der Waals surface area contributed by atoms with Crippen LogP contribution in [0.3, 0.4) is 0 Å². The summed E-state index contributed by atoms with van der Waals surface area (Å²) >= 11 is 0. The van der Waals surface area contributed by atoms with Crippen LogP contribution in [0.1, 0.15) is 32.1 Å². The third-order valence-corrected chi connectivity index (χ3v) is 4.66. The Balaban J connectivity index is 1.65. The van der Waals surface area contributed by atoms with Gasteiger partial charge < -0.3 is 21.3 Å². The van der Waals surface area contributed by atoms with Gasteiger partial charge in [0.1, 0.15) is 0 Å². The van der Waals surface area contributed by atoms with Crippen molar-refractivity contribution in [1.82, 2.24) is 4.90 Å². The minimum atomic E-state index is -0.105. The molecule has 6 nitrogen and oxygen atoms in total. The molecule has 0 spiro atoms. The van der Waals surface area contributed by atoms with E-state index in [1.54, 1.807) is 4.90 Å². The van der Waals surface area contributed by atoms with Crippen molar-refractivity contribution in [3.63, 3.8) is 0 Å². The first-order valence-electron chi connectivity index (χ1n) is 8.35. The molecular formula is C17H24N4O2. The lowest BCUT2D eigenvalue weighted by Gasteiger charge is -2.19. The van der Waals surface area contributed by atoms with Crippen LogP contribution in [0.15, 0.2) is 24.3 Å². The third-order valence-electron chi connectivity index (χ3n) is 4.66. The number of nitrogens with zero attached hydrogens (tertiary/aromatic N) is 1. The zero-order valence-corrected chi connectivity index (χ0v) is 13.3. The van der Waals surface area contributed by atoms with Gasteiger partial charge in [0.2, 0.25) is 5.91 Å². The predicted octanol–water partition coefficient (Wildman–Crippen LogP) is 2.38. The van der Waals surface area contributed by atoms with Crippen molar-refractivity contribution >= 4 is 23.3 Å². The lowest BCUT2D eigenvalue weighted by molar-refractivity contribution is -0.119. The SMILES string of the molecule is NC1CCC(C(=O)Nc2ccccc2NC(=O)N2CCCC2)C1. The van der Waals surface area contributed by atoms with Crippen molar-refractivity contribution < 1.29 is 9.59 Å². The molecule has 0 aromatic heterocycles. The van der Waals surface area contributed by atoms with Crippen LogP contribution in [0.25, 0.3) is 0 Å². The maximum atomic E-state index is 12.4. The Labute approximate surface area is 136 Å². The molecule has 6 heteroatoms. The first-order chi connectivity index (χ1) is 11.1. The highest BCUT2D eigenvalue weighted by Crippen LogP contribution is 2.28. The third kappa shape index (κ3) is 3.82. The summed E-state index contributed by atoms with van der Waals surface area (Å²) in [4.78, 5) is 26.4. The summed E-state index contributed by atoms with van der Waals surface area (Å²) in [6, 6.07) is 7.33. The molecule has 23 heavy (non-hydrogen) atoms. The molecule has 1 saturated heterocycles. The quantitative estimate of drug-likeness (QED) is 0.800. The number of likely N-dealkylation sites (tertiary alicyclic amines) is 1. The first-order valence-corrected chi connectivity index (χ1v) is 8.35. The number of nitrogens with one attached hydrogen (secondary N) is 2. The van der Waals surface area contributed by atoms with Gasteiger partial charge in [-0.3, -0.25) is 4.79 Å². The van der Waals surface area contributed by atoms with E-state index in [2.05, 4.69) is 10.6 Å². The molecule has 1 saturated carbocycles. The zero-order chi connectivity index (χ0) is 16.2. The molecule has 1 aromatic carbocycles. The largest absolute Gasteiger partial charge is 0.328 e. The van der Waals surface area contributed by atoms with Gasteiger partial charge in [-0.15, -0.1) is 0 Å². The van der Waals surface area contributed by atoms with Crippen molar-refractivity contribution in [2.75, 3.05) is 23.7 Å². The molecule has 2 aliphatic rings. The molecular weight excluding hydrogens is 292 g/mol. The summed E-state index contributed by atoms with van der Waals surface area (Å²) < 4.78 is 0. The number of anilines is 2. The molecule has 3 amide bonds. The van der Waals surface area contributed by atoms with Gasteiger partial charge >= 0.3 is 6.03 Å². The van der Waals surface area contributed by atoms with E-state index in [1.165, 1.54) is 0 Å². The Morgan fingerprint density at radius 3 is 2.30 bits per heavy atom. The Hall–Kier alpha value is -2.08. The highest BCUT2D eigenvalue weighted by Gasteiger charge is 2.28. The fourth-order valence-corrected chi connectivity index (χ4v) is 3.30. The Bertz CT molecular complexity index is 584. The summed E-state index contributed by atoms with van der Waals surface area (Å²) in [5, 5.41) is 5.85. The van der Waals surface area contributed by atoms with Crippen LogP contribution in [-0.2, 0) is 4.79 Å². The van der Waals surface area contributed by atoms with Crippen molar-refractivity contribution in [3.05, 3.63) is 24.3 Å². The Kier molecular flexibility index (Phi) is 4.81. The molecule has 2 unspecified atom stereocenters. The maximum Gasteiger partial charge on any atom is 0.321 e. The van der Waals surface area contributed by atoms with Crippen molar-refractivity contribution in [3.8, 4) is 0 Å². The molecule has 1 aliphatic heterocycles. The highest BCUT2D eigenvalue weighted by atomic mass is 16.2. The zero-order valence-electron chi connectivity index (χ0n) is 13.3. The van der Waals surface area contributed by atoms with E-state index in [-0.39, 0.29) is 23.9 Å². The van der Waals surface area contributed by atoms with E-state index in [9.17, 15) is 9.59 Å². The molecule has 0 radical (unpaired) electrons. The second kappa shape index (κ2) is 7.00. The van der Waals surface area contributed by atoms with Crippen LogP contribution in [0.2, 0.25) is 0 Å². The van der Waals surface area contributed by atoms with Crippen LogP contribution < -0.4 is 16.4 Å². The second-order valence-corrected chi connectivity index (χ2v) is 6.43. The van der Waals surface area contributed by atoms with Crippen molar-refractivity contribution in [1.29, 1.82) is 0 Å². The number of para-hydroxylation sites is 2. The molecule has 4 N–H and O–H groups in total. The Morgan fingerprint density at radius 2 is 1.70 bits per heavy atom. The molecule has 2 atom stereocenters. The minimum Gasteiger partial charge on any atom is -0.328 e. The molecule has 124 valence electrons. The first kappa shape index (κ1) is 15.8. The second-order valence-electron chi connectivity index (χ2n) is 6.43. The average molecular weight is 316 g/mol. The smallest absolute Gasteiger partial charge is 0.321 e. The van der Waals surface area contributed by atoms with Gasteiger partial charge in [-0.1, -0.05) is 12.1 Å². The van der Waals surface area contributed by atoms with Crippen molar-refractivity contribution in [2.45, 2.75) is 38.1 Å². The average Bonchev–Trinajstić information content (AvgIpc) is 3.20. The van der Waals surface area contributed by atoms with Crippen LogP contribution in [0, 0.1) is 5.92 Å². The van der Waals surface area contributed by atoms with Crippen LogP contribution >= 0.6 is 0 Å². The van der Waals surface area contributed by atoms with Gasteiger partial charge in [-0.25, -0.2) is 4.79 Å². The molecule has 0 bridgehead atoms. The van der Waals surface area contributed by atoms with E-state index in [0.29, 0.717) is 11.4 Å². The fraction of sp³-hybridized carbons (Fsp3) is 0.529. The summed E-state index contributed by atoms with van der Waals surface area (Å²) in [5.74, 6) is -0.0480. The number of urea groups is 1.